The van der Waals surface area contributed by atoms with Gasteiger partial charge in [0, 0.05) is 17.1 Å². The van der Waals surface area contributed by atoms with E-state index in [-0.39, 0.29) is 0 Å². The molecule has 2 aliphatic rings. The highest BCUT2D eigenvalue weighted by Gasteiger charge is 2.27. The normalized spacial score (nSPS) is 33.3. The van der Waals surface area contributed by atoms with Gasteiger partial charge in [-0.05, 0) is 6.92 Å². The molecule has 2 heterocycles. The molecule has 2 aliphatic heterocycles. The van der Waals surface area contributed by atoms with Gasteiger partial charge in [-0.15, -0.1) is 0 Å². The average molecular weight is 279 g/mol. The number of amidine groups is 1. The largest absolute Gasteiger partial charge is 0.377 e. The molecule has 5 heteroatoms. The topological polar surface area (TPSA) is 24.8 Å². The van der Waals surface area contributed by atoms with Gasteiger partial charge in [0.15, 0.2) is 5.17 Å². The second-order valence-corrected chi connectivity index (χ2v) is 5.55. The molecule has 80 valence electrons. The fraction of sp³-hybridized carbons (Fsp3) is 0.889. The molecule has 0 spiro atoms. The zero-order chi connectivity index (χ0) is 9.97. The Hall–Kier alpha value is 0.260. The minimum Gasteiger partial charge on any atom is -0.377 e. The molecular weight excluding hydrogens is 264 g/mol. The highest BCUT2D eigenvalue weighted by atomic mass is 79.9. The highest BCUT2D eigenvalue weighted by Crippen LogP contribution is 2.26. The van der Waals surface area contributed by atoms with Crippen molar-refractivity contribution in [3.8, 4) is 0 Å². The van der Waals surface area contributed by atoms with E-state index < -0.39 is 0 Å². The molecule has 1 saturated heterocycles. The molecule has 2 atom stereocenters. The van der Waals surface area contributed by atoms with Crippen molar-refractivity contribution in [1.29, 1.82) is 0 Å². The molecule has 0 saturated carbocycles. The van der Waals surface area contributed by atoms with Crippen molar-refractivity contribution >= 4 is 32.9 Å². The van der Waals surface area contributed by atoms with Crippen LogP contribution in [0.3, 0.4) is 0 Å². The van der Waals surface area contributed by atoms with Crippen LogP contribution in [0.2, 0.25) is 0 Å². The molecular formula is C9H15BrN2OS. The molecule has 0 aromatic carbocycles. The van der Waals surface area contributed by atoms with E-state index in [0.29, 0.717) is 11.3 Å². The molecule has 0 bridgehead atoms. The first-order valence-corrected chi connectivity index (χ1v) is 6.93. The van der Waals surface area contributed by atoms with Gasteiger partial charge in [0.25, 0.3) is 0 Å². The van der Waals surface area contributed by atoms with E-state index in [9.17, 15) is 0 Å². The van der Waals surface area contributed by atoms with Crippen LogP contribution in [0, 0.1) is 0 Å². The fourth-order valence-corrected chi connectivity index (χ4v) is 3.32. The third kappa shape index (κ3) is 2.25. The van der Waals surface area contributed by atoms with Gasteiger partial charge in [0.05, 0.1) is 25.8 Å². The zero-order valence-corrected chi connectivity index (χ0v) is 10.7. The lowest BCUT2D eigenvalue weighted by atomic mass is 10.3. The summed E-state index contributed by atoms with van der Waals surface area (Å²) in [7, 11) is 0. The number of morpholine rings is 1. The molecule has 0 aromatic rings. The third-order valence-corrected chi connectivity index (χ3v) is 4.92. The van der Waals surface area contributed by atoms with Crippen molar-refractivity contribution in [2.24, 2.45) is 4.99 Å². The van der Waals surface area contributed by atoms with E-state index in [1.54, 1.807) is 0 Å². The summed E-state index contributed by atoms with van der Waals surface area (Å²) >= 11 is 5.40. The molecule has 2 unspecified atom stereocenters. The van der Waals surface area contributed by atoms with E-state index in [2.05, 4.69) is 32.7 Å². The number of aliphatic imine (C=N–C) groups is 1. The fourth-order valence-electron chi connectivity index (χ4n) is 1.65. The van der Waals surface area contributed by atoms with Crippen LogP contribution in [0.1, 0.15) is 6.92 Å². The number of nitrogens with zero attached hydrogens (tertiary/aromatic N) is 2. The first kappa shape index (κ1) is 10.8. The SMILES string of the molecule is CC1COCCN1C1=NCC(CBr)S1. The van der Waals surface area contributed by atoms with Crippen molar-refractivity contribution in [3.63, 3.8) is 0 Å². The van der Waals surface area contributed by atoms with E-state index in [0.717, 1.165) is 31.6 Å². The summed E-state index contributed by atoms with van der Waals surface area (Å²) in [4.78, 5) is 6.95. The first-order chi connectivity index (χ1) is 6.81. The molecule has 0 amide bonds. The van der Waals surface area contributed by atoms with Crippen LogP contribution in [0.5, 0.6) is 0 Å². The van der Waals surface area contributed by atoms with Gasteiger partial charge < -0.3 is 9.64 Å². The maximum atomic E-state index is 5.41. The smallest absolute Gasteiger partial charge is 0.159 e. The van der Waals surface area contributed by atoms with Crippen molar-refractivity contribution < 1.29 is 4.74 Å². The summed E-state index contributed by atoms with van der Waals surface area (Å²) in [5.41, 5.74) is 0. The lowest BCUT2D eigenvalue weighted by Crippen LogP contribution is -2.45. The molecule has 14 heavy (non-hydrogen) atoms. The maximum Gasteiger partial charge on any atom is 0.159 e. The quantitative estimate of drug-likeness (QED) is 0.681. The van der Waals surface area contributed by atoms with Crippen molar-refractivity contribution in [3.05, 3.63) is 0 Å². The Morgan fingerprint density at radius 3 is 3.21 bits per heavy atom. The number of ether oxygens (including phenoxy) is 1. The summed E-state index contributed by atoms with van der Waals surface area (Å²) in [5, 5.41) is 2.87. The molecule has 0 aromatic heterocycles. The number of thioether (sulfide) groups is 1. The molecule has 3 nitrogen and oxygen atoms in total. The number of rotatable bonds is 1. The second kappa shape index (κ2) is 4.86. The minimum atomic E-state index is 0.476. The molecule has 1 fully saturated rings. The van der Waals surface area contributed by atoms with Gasteiger partial charge in [-0.3, -0.25) is 4.99 Å². The van der Waals surface area contributed by atoms with Crippen molar-refractivity contribution in [1.82, 2.24) is 4.90 Å². The lowest BCUT2D eigenvalue weighted by Gasteiger charge is -2.34. The van der Waals surface area contributed by atoms with Crippen molar-refractivity contribution in [2.45, 2.75) is 18.2 Å². The van der Waals surface area contributed by atoms with E-state index in [4.69, 9.17) is 4.74 Å². The molecule has 2 rings (SSSR count). The van der Waals surface area contributed by atoms with Gasteiger partial charge in [0.2, 0.25) is 0 Å². The van der Waals surface area contributed by atoms with Gasteiger partial charge in [-0.1, -0.05) is 27.7 Å². The third-order valence-electron chi connectivity index (χ3n) is 2.49. The number of hydrogen-bond acceptors (Lipinski definition) is 4. The van der Waals surface area contributed by atoms with Gasteiger partial charge in [-0.25, -0.2) is 0 Å². The van der Waals surface area contributed by atoms with Gasteiger partial charge in [-0.2, -0.15) is 0 Å². The number of alkyl halides is 1. The number of hydrogen-bond donors (Lipinski definition) is 0. The zero-order valence-electron chi connectivity index (χ0n) is 8.28. The van der Waals surface area contributed by atoms with Crippen LogP contribution in [0.4, 0.5) is 0 Å². The van der Waals surface area contributed by atoms with Crippen LogP contribution in [0.15, 0.2) is 4.99 Å². The summed E-state index contributed by atoms with van der Waals surface area (Å²) in [6, 6.07) is 0.476. The molecule has 0 aliphatic carbocycles. The van der Waals surface area contributed by atoms with Crippen LogP contribution in [-0.4, -0.2) is 53.0 Å². The summed E-state index contributed by atoms with van der Waals surface area (Å²) < 4.78 is 5.41. The van der Waals surface area contributed by atoms with Crippen LogP contribution in [-0.2, 0) is 4.74 Å². The van der Waals surface area contributed by atoms with E-state index in [1.165, 1.54) is 5.17 Å². The maximum absolute atomic E-state index is 5.41. The summed E-state index contributed by atoms with van der Waals surface area (Å²) in [6.45, 7) is 5.81. The lowest BCUT2D eigenvalue weighted by molar-refractivity contribution is 0.0347. The van der Waals surface area contributed by atoms with E-state index >= 15 is 0 Å². The Morgan fingerprint density at radius 1 is 1.71 bits per heavy atom. The van der Waals surface area contributed by atoms with Crippen LogP contribution in [0.25, 0.3) is 0 Å². The van der Waals surface area contributed by atoms with Gasteiger partial charge in [0.1, 0.15) is 0 Å². The second-order valence-electron chi connectivity index (χ2n) is 3.63. The number of halogens is 1. The monoisotopic (exact) mass is 278 g/mol. The minimum absolute atomic E-state index is 0.476. The van der Waals surface area contributed by atoms with Gasteiger partial charge >= 0.3 is 0 Å². The predicted molar refractivity (Wildman–Crippen MR) is 64.5 cm³/mol. The Kier molecular flexibility index (Phi) is 3.73. The highest BCUT2D eigenvalue weighted by molar-refractivity contribution is 9.09. The van der Waals surface area contributed by atoms with Crippen molar-refractivity contribution in [2.75, 3.05) is 31.6 Å². The summed E-state index contributed by atoms with van der Waals surface area (Å²) in [5.74, 6) is 0. The van der Waals surface area contributed by atoms with Crippen LogP contribution >= 0.6 is 27.7 Å². The Bertz CT molecular complexity index is 237. The molecule has 0 N–H and O–H groups in total. The van der Waals surface area contributed by atoms with E-state index in [1.807, 2.05) is 11.8 Å². The average Bonchev–Trinajstić information content (AvgIpc) is 2.67. The Labute approximate surface area is 97.4 Å². The Morgan fingerprint density at radius 2 is 2.57 bits per heavy atom. The summed E-state index contributed by atoms with van der Waals surface area (Å²) in [6.07, 6.45) is 0. The molecule has 0 radical (unpaired) electrons. The first-order valence-electron chi connectivity index (χ1n) is 4.92. The Balaban J connectivity index is 1.94. The van der Waals surface area contributed by atoms with Crippen LogP contribution < -0.4 is 0 Å². The standard InChI is InChI=1S/C9H15BrN2OS/c1-7-6-13-3-2-12(7)9-11-5-8(4-10)14-9/h7-8H,2-6H2,1H3. The predicted octanol–water partition coefficient (Wildman–Crippen LogP) is 1.57.